The van der Waals surface area contributed by atoms with Crippen LogP contribution in [0.1, 0.15) is 0 Å². The number of ether oxygens (including phenoxy) is 1. The van der Waals surface area contributed by atoms with Crippen LogP contribution in [-0.2, 0) is 4.79 Å². The van der Waals surface area contributed by atoms with Crippen molar-refractivity contribution in [3.05, 3.63) is 83.2 Å². The fourth-order valence-corrected chi connectivity index (χ4v) is 3.22. The van der Waals surface area contributed by atoms with Crippen molar-refractivity contribution in [1.29, 1.82) is 0 Å². The van der Waals surface area contributed by atoms with Crippen LogP contribution in [0, 0.1) is 0 Å². The summed E-state index contributed by atoms with van der Waals surface area (Å²) in [4.78, 5) is 28.8. The molecule has 164 valence electrons. The van der Waals surface area contributed by atoms with E-state index < -0.39 is 5.91 Å². The van der Waals surface area contributed by atoms with Crippen molar-refractivity contribution < 1.29 is 9.53 Å². The van der Waals surface area contributed by atoms with E-state index in [1.54, 1.807) is 67.8 Å². The highest BCUT2D eigenvalue weighted by Crippen LogP contribution is 2.25. The summed E-state index contributed by atoms with van der Waals surface area (Å²) in [5.74, 6) is 5.52. The summed E-state index contributed by atoms with van der Waals surface area (Å²) in [5, 5.41) is 14.3. The lowest BCUT2D eigenvalue weighted by Crippen LogP contribution is -2.25. The van der Waals surface area contributed by atoms with Gasteiger partial charge in [-0.15, -0.1) is 0 Å². The van der Waals surface area contributed by atoms with Crippen LogP contribution in [0.3, 0.4) is 0 Å². The molecule has 3 aromatic carbocycles. The Balaban J connectivity index is 1.51. The molecule has 4 N–H and O–H groups in total. The number of nitrogens with two attached hydrogens (primary N) is 1. The topological polar surface area (TPSA) is 135 Å². The number of benzene rings is 3. The first-order valence-electron chi connectivity index (χ1n) is 9.94. The lowest BCUT2D eigenvalue weighted by Gasteiger charge is -2.08. The summed E-state index contributed by atoms with van der Waals surface area (Å²) in [6.07, 6.45) is 1.29. The number of nitrogens with one attached hydrogen (secondary N) is 2. The van der Waals surface area contributed by atoms with Crippen molar-refractivity contribution >= 4 is 40.0 Å². The quantitative estimate of drug-likeness (QED) is 0.240. The van der Waals surface area contributed by atoms with Crippen LogP contribution >= 0.6 is 0 Å². The molecule has 0 aliphatic rings. The molecule has 4 rings (SSSR count). The summed E-state index contributed by atoms with van der Waals surface area (Å²) in [6, 6.07) is 21.3. The molecule has 0 fully saturated rings. The molecular formula is C24H20N6O3. The number of carbonyl (C=O) groups is 1. The van der Waals surface area contributed by atoms with Crippen molar-refractivity contribution in [2.24, 2.45) is 15.9 Å². The van der Waals surface area contributed by atoms with Crippen molar-refractivity contribution in [2.75, 3.05) is 12.4 Å². The zero-order chi connectivity index (χ0) is 23.2. The minimum Gasteiger partial charge on any atom is -0.497 e. The van der Waals surface area contributed by atoms with Gasteiger partial charge in [0.2, 0.25) is 0 Å². The van der Waals surface area contributed by atoms with Gasteiger partial charge in [-0.1, -0.05) is 36.4 Å². The number of aromatic nitrogens is 2. The number of aliphatic imine (C=N–C) groups is 1. The van der Waals surface area contributed by atoms with Gasteiger partial charge >= 0.3 is 0 Å². The number of methoxy groups -OCH3 is 1. The lowest BCUT2D eigenvalue weighted by atomic mass is 10.0. The minimum absolute atomic E-state index is 0.0461. The van der Waals surface area contributed by atoms with Crippen molar-refractivity contribution in [2.45, 2.75) is 0 Å². The third-order valence-electron chi connectivity index (χ3n) is 4.87. The van der Waals surface area contributed by atoms with Crippen molar-refractivity contribution in [1.82, 2.24) is 10.2 Å². The van der Waals surface area contributed by atoms with Gasteiger partial charge in [-0.05, 0) is 30.3 Å². The molecule has 1 aromatic heterocycles. The van der Waals surface area contributed by atoms with E-state index in [2.05, 4.69) is 25.6 Å². The molecule has 9 heteroatoms. The molecule has 0 unspecified atom stereocenters. The van der Waals surface area contributed by atoms with Gasteiger partial charge in [-0.25, -0.2) is 5.10 Å². The molecule has 0 saturated heterocycles. The van der Waals surface area contributed by atoms with Gasteiger partial charge < -0.3 is 15.9 Å². The Morgan fingerprint density at radius 1 is 1.06 bits per heavy atom. The molecule has 1 amide bonds. The average molecular weight is 440 g/mol. The molecule has 0 aliphatic carbocycles. The van der Waals surface area contributed by atoms with Gasteiger partial charge in [0.15, 0.2) is 5.71 Å². The second-order valence-electron chi connectivity index (χ2n) is 6.95. The number of rotatable bonds is 6. The Morgan fingerprint density at radius 2 is 1.82 bits per heavy atom. The molecule has 0 aliphatic heterocycles. The molecule has 1 heterocycles. The Morgan fingerprint density at radius 3 is 2.55 bits per heavy atom. The number of anilines is 1. The number of carbonyl (C=O) groups excluding carboxylic acids is 1. The molecule has 4 aromatic rings. The number of H-pyrrole nitrogens is 1. The van der Waals surface area contributed by atoms with Gasteiger partial charge in [-0.2, -0.15) is 10.2 Å². The summed E-state index contributed by atoms with van der Waals surface area (Å²) in [7, 11) is 1.56. The van der Waals surface area contributed by atoms with Crippen LogP contribution in [0.15, 0.2) is 87.7 Å². The Hall–Kier alpha value is -4.79. The van der Waals surface area contributed by atoms with E-state index >= 15 is 0 Å². The maximum atomic E-state index is 12.6. The van der Waals surface area contributed by atoms with Crippen LogP contribution < -0.4 is 21.5 Å². The van der Waals surface area contributed by atoms with Crippen molar-refractivity contribution in [3.8, 4) is 17.0 Å². The van der Waals surface area contributed by atoms with Gasteiger partial charge in [0, 0.05) is 22.7 Å². The van der Waals surface area contributed by atoms with Crippen molar-refractivity contribution in [3.63, 3.8) is 0 Å². The number of fused-ring (bicyclic) bond motifs is 1. The van der Waals surface area contributed by atoms with Crippen LogP contribution in [-0.4, -0.2) is 35.1 Å². The van der Waals surface area contributed by atoms with E-state index in [0.717, 1.165) is 10.9 Å². The number of nitrogens with zero attached hydrogens (tertiary/aromatic N) is 3. The first-order valence-corrected chi connectivity index (χ1v) is 9.94. The Labute approximate surface area is 188 Å². The fourth-order valence-electron chi connectivity index (χ4n) is 3.22. The number of amides is 1. The van der Waals surface area contributed by atoms with Gasteiger partial charge in [0.05, 0.1) is 30.1 Å². The summed E-state index contributed by atoms with van der Waals surface area (Å²) in [6.45, 7) is 0. The van der Waals surface area contributed by atoms with Crippen LogP contribution in [0.2, 0.25) is 0 Å². The van der Waals surface area contributed by atoms with Gasteiger partial charge in [-0.3, -0.25) is 14.6 Å². The molecular weight excluding hydrogens is 420 g/mol. The Kier molecular flexibility index (Phi) is 6.21. The predicted octanol–water partition coefficient (Wildman–Crippen LogP) is 3.25. The lowest BCUT2D eigenvalue weighted by molar-refractivity contribution is -0.110. The van der Waals surface area contributed by atoms with E-state index in [-0.39, 0.29) is 11.3 Å². The summed E-state index contributed by atoms with van der Waals surface area (Å²) < 4.78 is 5.16. The zero-order valence-electron chi connectivity index (χ0n) is 17.6. The zero-order valence-corrected chi connectivity index (χ0v) is 17.6. The highest BCUT2D eigenvalue weighted by Gasteiger charge is 2.11. The monoisotopic (exact) mass is 440 g/mol. The molecule has 0 atom stereocenters. The van der Waals surface area contributed by atoms with E-state index in [0.29, 0.717) is 28.2 Å². The molecule has 0 radical (unpaired) electrons. The smallest absolute Gasteiger partial charge is 0.277 e. The second kappa shape index (κ2) is 9.56. The average Bonchev–Trinajstić information content (AvgIpc) is 2.85. The number of aromatic amines is 1. The SMILES string of the molecule is COc1cccc(N=CC(=NN)C(=O)Nc2ccc(-c3n[nH]c(=O)c4ccccc34)cc2)c1. The first-order chi connectivity index (χ1) is 16.1. The summed E-state index contributed by atoms with van der Waals surface area (Å²) >= 11 is 0. The summed E-state index contributed by atoms with van der Waals surface area (Å²) in [5.41, 5.74) is 2.25. The fraction of sp³-hybridized carbons (Fsp3) is 0.0417. The highest BCUT2D eigenvalue weighted by molar-refractivity contribution is 6.63. The number of hydrogen-bond donors (Lipinski definition) is 3. The predicted molar refractivity (Wildman–Crippen MR) is 129 cm³/mol. The molecule has 9 nitrogen and oxygen atoms in total. The largest absolute Gasteiger partial charge is 0.497 e. The number of hydrazone groups is 1. The van der Waals surface area contributed by atoms with E-state index in [1.165, 1.54) is 6.21 Å². The Bertz CT molecular complexity index is 1420. The maximum Gasteiger partial charge on any atom is 0.277 e. The molecule has 0 bridgehead atoms. The van der Waals surface area contributed by atoms with Crippen LogP contribution in [0.4, 0.5) is 11.4 Å². The first kappa shape index (κ1) is 21.4. The highest BCUT2D eigenvalue weighted by atomic mass is 16.5. The number of hydrogen-bond acceptors (Lipinski definition) is 7. The molecule has 0 saturated carbocycles. The minimum atomic E-state index is -0.510. The van der Waals surface area contributed by atoms with E-state index in [9.17, 15) is 9.59 Å². The third kappa shape index (κ3) is 4.77. The second-order valence-corrected chi connectivity index (χ2v) is 6.95. The maximum absolute atomic E-state index is 12.6. The van der Waals surface area contributed by atoms with E-state index in [1.807, 2.05) is 12.1 Å². The van der Waals surface area contributed by atoms with Crippen LogP contribution in [0.25, 0.3) is 22.0 Å². The third-order valence-corrected chi connectivity index (χ3v) is 4.87. The van der Waals surface area contributed by atoms with E-state index in [4.69, 9.17) is 10.6 Å². The van der Waals surface area contributed by atoms with Gasteiger partial charge in [0.1, 0.15) is 5.75 Å². The van der Waals surface area contributed by atoms with Crippen LogP contribution in [0.5, 0.6) is 5.75 Å². The van der Waals surface area contributed by atoms with Gasteiger partial charge in [0.25, 0.3) is 11.5 Å². The standard InChI is InChI=1S/C24H20N6O3/c1-33-18-6-4-5-17(13-18)26-14-21(28-25)24(32)27-16-11-9-15(10-12-16)22-19-7-2-3-8-20(19)23(31)30-29-22/h2-14H,25H2,1H3,(H,27,32)(H,30,31). The molecule has 0 spiro atoms. The molecule has 33 heavy (non-hydrogen) atoms. The normalized spacial score (nSPS) is 11.6.